The molecule has 0 radical (unpaired) electrons. The summed E-state index contributed by atoms with van der Waals surface area (Å²) in [6.45, 7) is 4.96. The predicted octanol–water partition coefficient (Wildman–Crippen LogP) is 1.47. The van der Waals surface area contributed by atoms with Gasteiger partial charge in [-0.3, -0.25) is 5.32 Å². The lowest BCUT2D eigenvalue weighted by atomic mass is 9.92. The lowest BCUT2D eigenvalue weighted by Gasteiger charge is -2.32. The summed E-state index contributed by atoms with van der Waals surface area (Å²) in [5.74, 6) is 0.973. The van der Waals surface area contributed by atoms with Gasteiger partial charge in [-0.25, -0.2) is 9.78 Å². The van der Waals surface area contributed by atoms with Crippen molar-refractivity contribution in [3.05, 3.63) is 5.82 Å². The molecule has 6 nitrogen and oxygen atoms in total. The minimum Gasteiger partial charge on any atom is -0.393 e. The highest BCUT2D eigenvalue weighted by molar-refractivity contribution is 7.09. The minimum atomic E-state index is -0.291. The van der Waals surface area contributed by atoms with E-state index < -0.39 is 0 Å². The molecule has 0 bridgehead atoms. The molecule has 0 saturated carbocycles. The normalized spacial score (nSPS) is 18.7. The highest BCUT2D eigenvalue weighted by Crippen LogP contribution is 2.21. The Kier molecular flexibility index (Phi) is 4.13. The summed E-state index contributed by atoms with van der Waals surface area (Å²) in [5.41, 5.74) is 0. The van der Waals surface area contributed by atoms with E-state index in [1.54, 1.807) is 11.8 Å². The molecule has 100 valence electrons. The third-order valence-corrected chi connectivity index (χ3v) is 3.97. The molecule has 1 saturated heterocycles. The van der Waals surface area contributed by atoms with Gasteiger partial charge >= 0.3 is 6.03 Å². The van der Waals surface area contributed by atoms with Crippen LogP contribution in [0.15, 0.2) is 0 Å². The molecule has 18 heavy (non-hydrogen) atoms. The average molecular weight is 270 g/mol. The molecule has 2 N–H and O–H groups in total. The highest BCUT2D eigenvalue weighted by Gasteiger charge is 2.25. The van der Waals surface area contributed by atoms with Crippen LogP contribution in [-0.4, -0.2) is 44.6 Å². The number of likely N-dealkylation sites (tertiary alicyclic amines) is 1. The van der Waals surface area contributed by atoms with Crippen molar-refractivity contribution < 1.29 is 9.90 Å². The topological polar surface area (TPSA) is 78.4 Å². The molecule has 1 atom stereocenters. The second kappa shape index (κ2) is 5.62. The van der Waals surface area contributed by atoms with Gasteiger partial charge in [-0.15, -0.1) is 0 Å². The number of hydrogen-bond acceptors (Lipinski definition) is 5. The Balaban J connectivity index is 1.84. The third kappa shape index (κ3) is 3.17. The maximum atomic E-state index is 11.9. The number of aliphatic hydroxyl groups is 1. The van der Waals surface area contributed by atoms with Gasteiger partial charge in [0.2, 0.25) is 5.13 Å². The summed E-state index contributed by atoms with van der Waals surface area (Å²) in [6, 6.07) is -0.129. The zero-order valence-electron chi connectivity index (χ0n) is 10.6. The number of anilines is 1. The van der Waals surface area contributed by atoms with E-state index in [0.29, 0.717) is 30.0 Å². The van der Waals surface area contributed by atoms with Crippen LogP contribution in [0.5, 0.6) is 0 Å². The SMILES string of the molecule is Cc1nsc(NC(=O)N2CCC([C@H](C)O)CC2)n1. The molecule has 1 aromatic heterocycles. The van der Waals surface area contributed by atoms with Crippen LogP contribution in [0.4, 0.5) is 9.93 Å². The first kappa shape index (κ1) is 13.2. The average Bonchev–Trinajstić information content (AvgIpc) is 2.75. The number of carbonyl (C=O) groups is 1. The van der Waals surface area contributed by atoms with Gasteiger partial charge in [-0.1, -0.05) is 0 Å². The van der Waals surface area contributed by atoms with Crippen molar-refractivity contribution in [2.45, 2.75) is 32.8 Å². The van der Waals surface area contributed by atoms with Crippen LogP contribution >= 0.6 is 11.5 Å². The lowest BCUT2D eigenvalue weighted by Crippen LogP contribution is -2.42. The second-order valence-electron chi connectivity index (χ2n) is 4.64. The predicted molar refractivity (Wildman–Crippen MR) is 69.6 cm³/mol. The van der Waals surface area contributed by atoms with E-state index in [-0.39, 0.29) is 12.1 Å². The van der Waals surface area contributed by atoms with Gasteiger partial charge in [0.15, 0.2) is 0 Å². The van der Waals surface area contributed by atoms with Crippen molar-refractivity contribution >= 4 is 22.7 Å². The van der Waals surface area contributed by atoms with Gasteiger partial charge < -0.3 is 10.0 Å². The Hall–Kier alpha value is -1.21. The number of nitrogens with one attached hydrogen (secondary N) is 1. The van der Waals surface area contributed by atoms with Gasteiger partial charge in [0.25, 0.3) is 0 Å². The molecular formula is C11H18N4O2S. The number of amides is 2. The number of piperidine rings is 1. The Morgan fingerprint density at radius 3 is 2.72 bits per heavy atom. The van der Waals surface area contributed by atoms with E-state index in [2.05, 4.69) is 14.7 Å². The first-order valence-electron chi connectivity index (χ1n) is 6.10. The molecule has 0 aliphatic carbocycles. The monoisotopic (exact) mass is 270 g/mol. The molecule has 0 unspecified atom stereocenters. The molecule has 7 heteroatoms. The Morgan fingerprint density at radius 2 is 2.22 bits per heavy atom. The number of aryl methyl sites for hydroxylation is 1. The maximum Gasteiger partial charge on any atom is 0.323 e. The van der Waals surface area contributed by atoms with Crippen LogP contribution in [0.1, 0.15) is 25.6 Å². The van der Waals surface area contributed by atoms with Crippen molar-refractivity contribution in [3.63, 3.8) is 0 Å². The fourth-order valence-corrected chi connectivity index (χ4v) is 2.67. The Labute approximate surface area is 110 Å². The number of carbonyl (C=O) groups excluding carboxylic acids is 1. The van der Waals surface area contributed by atoms with E-state index in [1.807, 2.05) is 6.92 Å². The zero-order valence-corrected chi connectivity index (χ0v) is 11.4. The quantitative estimate of drug-likeness (QED) is 0.853. The van der Waals surface area contributed by atoms with Crippen LogP contribution < -0.4 is 5.32 Å². The number of rotatable bonds is 2. The van der Waals surface area contributed by atoms with Crippen LogP contribution in [0, 0.1) is 12.8 Å². The van der Waals surface area contributed by atoms with Crippen molar-refractivity contribution in [1.29, 1.82) is 0 Å². The van der Waals surface area contributed by atoms with Crippen LogP contribution in [0.2, 0.25) is 0 Å². The molecule has 1 fully saturated rings. The number of nitrogens with zero attached hydrogens (tertiary/aromatic N) is 3. The van der Waals surface area contributed by atoms with Gasteiger partial charge in [0.05, 0.1) is 6.10 Å². The molecule has 1 aromatic rings. The van der Waals surface area contributed by atoms with Crippen LogP contribution in [-0.2, 0) is 0 Å². The number of urea groups is 1. The van der Waals surface area contributed by atoms with Crippen molar-refractivity contribution in [1.82, 2.24) is 14.3 Å². The third-order valence-electron chi connectivity index (χ3n) is 3.25. The first-order valence-corrected chi connectivity index (χ1v) is 6.88. The van der Waals surface area contributed by atoms with Crippen molar-refractivity contribution in [2.24, 2.45) is 5.92 Å². The fourth-order valence-electron chi connectivity index (χ4n) is 2.10. The van der Waals surface area contributed by atoms with Gasteiger partial charge in [0, 0.05) is 24.6 Å². The van der Waals surface area contributed by atoms with E-state index in [9.17, 15) is 9.90 Å². The fraction of sp³-hybridized carbons (Fsp3) is 0.727. The summed E-state index contributed by atoms with van der Waals surface area (Å²) < 4.78 is 4.01. The van der Waals surface area contributed by atoms with E-state index in [4.69, 9.17) is 0 Å². The van der Waals surface area contributed by atoms with E-state index in [1.165, 1.54) is 11.5 Å². The van der Waals surface area contributed by atoms with Crippen LogP contribution in [0.25, 0.3) is 0 Å². The lowest BCUT2D eigenvalue weighted by molar-refractivity contribution is 0.0820. The molecule has 1 aliphatic rings. The van der Waals surface area contributed by atoms with Crippen LogP contribution in [0.3, 0.4) is 0 Å². The number of aromatic nitrogens is 2. The standard InChI is InChI=1S/C11H18N4O2S/c1-7(16)9-3-5-15(6-4-9)11(17)13-10-12-8(2)14-18-10/h7,9,16H,3-6H2,1-2H3,(H,12,13,14,17)/t7-/m0/s1. The number of aliphatic hydroxyl groups excluding tert-OH is 1. The Bertz CT molecular complexity index is 413. The van der Waals surface area contributed by atoms with Gasteiger partial charge in [0.1, 0.15) is 5.82 Å². The summed E-state index contributed by atoms with van der Waals surface area (Å²) in [4.78, 5) is 17.8. The summed E-state index contributed by atoms with van der Waals surface area (Å²) in [6.07, 6.45) is 1.40. The molecule has 1 aliphatic heterocycles. The molecule has 2 heterocycles. The number of hydrogen-bond donors (Lipinski definition) is 2. The van der Waals surface area contributed by atoms with Gasteiger partial charge in [-0.05, 0) is 32.6 Å². The summed E-state index contributed by atoms with van der Waals surface area (Å²) in [5, 5.41) is 12.8. The highest BCUT2D eigenvalue weighted by atomic mass is 32.1. The maximum absolute atomic E-state index is 11.9. The smallest absolute Gasteiger partial charge is 0.323 e. The molecule has 2 amide bonds. The van der Waals surface area contributed by atoms with Crippen molar-refractivity contribution in [3.8, 4) is 0 Å². The zero-order chi connectivity index (χ0) is 13.1. The first-order chi connectivity index (χ1) is 8.56. The van der Waals surface area contributed by atoms with Gasteiger partial charge in [-0.2, -0.15) is 4.37 Å². The second-order valence-corrected chi connectivity index (χ2v) is 5.39. The Morgan fingerprint density at radius 1 is 1.56 bits per heavy atom. The molecular weight excluding hydrogens is 252 g/mol. The van der Waals surface area contributed by atoms with E-state index in [0.717, 1.165) is 12.8 Å². The summed E-state index contributed by atoms with van der Waals surface area (Å²) in [7, 11) is 0. The van der Waals surface area contributed by atoms with E-state index >= 15 is 0 Å². The molecule has 0 aromatic carbocycles. The summed E-state index contributed by atoms with van der Waals surface area (Å²) >= 11 is 1.19. The largest absolute Gasteiger partial charge is 0.393 e. The molecule has 2 rings (SSSR count). The molecule has 0 spiro atoms. The van der Waals surface area contributed by atoms with Crippen molar-refractivity contribution in [2.75, 3.05) is 18.4 Å². The minimum absolute atomic E-state index is 0.129.